The zero-order chi connectivity index (χ0) is 19.5. The van der Waals surface area contributed by atoms with Crippen LogP contribution in [-0.2, 0) is 12.8 Å². The van der Waals surface area contributed by atoms with Crippen molar-refractivity contribution in [2.24, 2.45) is 0 Å². The molecule has 0 atom stereocenters. The highest BCUT2D eigenvalue weighted by molar-refractivity contribution is 9.10. The molecule has 0 fully saturated rings. The Morgan fingerprint density at radius 1 is 1.14 bits per heavy atom. The fraction of sp³-hybridized carbons (Fsp3) is 0.273. The lowest BCUT2D eigenvalue weighted by Crippen LogP contribution is -2.16. The third kappa shape index (κ3) is 3.69. The molecule has 1 heterocycles. The monoisotopic (exact) mass is 439 g/mol. The SMILES string of the molecule is CCOc1ccccc1NC(=O)c1nn(-c2ccc(Br)cc2)c2c1CCCC2. The third-order valence-electron chi connectivity index (χ3n) is 4.90. The van der Waals surface area contributed by atoms with Crippen molar-refractivity contribution < 1.29 is 9.53 Å². The van der Waals surface area contributed by atoms with E-state index in [0.29, 0.717) is 23.7 Å². The van der Waals surface area contributed by atoms with E-state index in [4.69, 9.17) is 9.84 Å². The van der Waals surface area contributed by atoms with E-state index in [0.717, 1.165) is 47.1 Å². The molecule has 1 aliphatic rings. The van der Waals surface area contributed by atoms with Crippen molar-refractivity contribution in [2.75, 3.05) is 11.9 Å². The number of anilines is 1. The first-order chi connectivity index (χ1) is 13.7. The molecule has 6 heteroatoms. The minimum atomic E-state index is -0.193. The molecule has 28 heavy (non-hydrogen) atoms. The van der Waals surface area contributed by atoms with Crippen molar-refractivity contribution in [1.29, 1.82) is 0 Å². The number of nitrogens with zero attached hydrogens (tertiary/aromatic N) is 2. The Hall–Kier alpha value is -2.60. The number of carbonyl (C=O) groups is 1. The first kappa shape index (κ1) is 18.7. The zero-order valence-corrected chi connectivity index (χ0v) is 17.3. The van der Waals surface area contributed by atoms with Gasteiger partial charge in [-0.05, 0) is 69.0 Å². The quantitative estimate of drug-likeness (QED) is 0.596. The third-order valence-corrected chi connectivity index (χ3v) is 5.43. The van der Waals surface area contributed by atoms with Crippen LogP contribution in [0.3, 0.4) is 0 Å². The van der Waals surface area contributed by atoms with Gasteiger partial charge in [0.15, 0.2) is 5.69 Å². The topological polar surface area (TPSA) is 56.1 Å². The summed E-state index contributed by atoms with van der Waals surface area (Å²) in [6.45, 7) is 2.47. The summed E-state index contributed by atoms with van der Waals surface area (Å²) in [5.74, 6) is 0.473. The summed E-state index contributed by atoms with van der Waals surface area (Å²) in [5.41, 5.74) is 4.33. The van der Waals surface area contributed by atoms with Crippen LogP contribution in [0.4, 0.5) is 5.69 Å². The standard InChI is InChI=1S/C22H22BrN3O2/c1-2-28-20-10-6-4-8-18(20)24-22(27)21-17-7-3-5-9-19(17)26(25-21)16-13-11-15(23)12-14-16/h4,6,8,10-14H,2-3,5,7,9H2,1H3,(H,24,27). The molecule has 0 bridgehead atoms. The highest BCUT2D eigenvalue weighted by Gasteiger charge is 2.26. The van der Waals surface area contributed by atoms with Crippen LogP contribution < -0.4 is 10.1 Å². The Bertz CT molecular complexity index is 996. The van der Waals surface area contributed by atoms with Crippen LogP contribution in [0.5, 0.6) is 5.75 Å². The maximum Gasteiger partial charge on any atom is 0.276 e. The average Bonchev–Trinajstić information content (AvgIpc) is 3.10. The van der Waals surface area contributed by atoms with Gasteiger partial charge in [-0.25, -0.2) is 4.68 Å². The van der Waals surface area contributed by atoms with Gasteiger partial charge in [-0.2, -0.15) is 5.10 Å². The molecule has 0 saturated heterocycles. The van der Waals surface area contributed by atoms with Crippen molar-refractivity contribution >= 4 is 27.5 Å². The van der Waals surface area contributed by atoms with Gasteiger partial charge < -0.3 is 10.1 Å². The van der Waals surface area contributed by atoms with Crippen molar-refractivity contribution in [1.82, 2.24) is 9.78 Å². The molecule has 5 nitrogen and oxygen atoms in total. The van der Waals surface area contributed by atoms with E-state index in [1.54, 1.807) is 0 Å². The fourth-order valence-electron chi connectivity index (χ4n) is 3.61. The van der Waals surface area contributed by atoms with E-state index in [1.165, 1.54) is 0 Å². The summed E-state index contributed by atoms with van der Waals surface area (Å²) < 4.78 is 8.56. The van der Waals surface area contributed by atoms with E-state index in [-0.39, 0.29) is 5.91 Å². The summed E-state index contributed by atoms with van der Waals surface area (Å²) in [7, 11) is 0. The first-order valence-corrected chi connectivity index (χ1v) is 10.4. The van der Waals surface area contributed by atoms with Crippen LogP contribution in [0.1, 0.15) is 41.5 Å². The number of rotatable bonds is 5. The zero-order valence-electron chi connectivity index (χ0n) is 15.7. The first-order valence-electron chi connectivity index (χ1n) is 9.57. The number of para-hydroxylation sites is 2. The number of ether oxygens (including phenoxy) is 1. The van der Waals surface area contributed by atoms with Crippen molar-refractivity contribution in [3.63, 3.8) is 0 Å². The molecule has 0 saturated carbocycles. The van der Waals surface area contributed by atoms with Gasteiger partial charge in [0.25, 0.3) is 5.91 Å². The summed E-state index contributed by atoms with van der Waals surface area (Å²) in [4.78, 5) is 13.1. The van der Waals surface area contributed by atoms with Gasteiger partial charge in [0.1, 0.15) is 5.75 Å². The smallest absolute Gasteiger partial charge is 0.276 e. The van der Waals surface area contributed by atoms with Crippen molar-refractivity contribution in [3.8, 4) is 11.4 Å². The molecule has 0 radical (unpaired) electrons. The molecular formula is C22H22BrN3O2. The predicted molar refractivity (Wildman–Crippen MR) is 113 cm³/mol. The fourth-order valence-corrected chi connectivity index (χ4v) is 3.87. The molecule has 4 rings (SSSR count). The number of carbonyl (C=O) groups excluding carboxylic acids is 1. The second-order valence-electron chi connectivity index (χ2n) is 6.75. The molecule has 1 amide bonds. The second-order valence-corrected chi connectivity index (χ2v) is 7.67. The van der Waals surface area contributed by atoms with Gasteiger partial charge in [-0.1, -0.05) is 28.1 Å². The number of hydrogen-bond donors (Lipinski definition) is 1. The predicted octanol–water partition coefficient (Wildman–Crippen LogP) is 5.16. The molecular weight excluding hydrogens is 418 g/mol. The van der Waals surface area contributed by atoms with Crippen LogP contribution in [0.15, 0.2) is 53.0 Å². The van der Waals surface area contributed by atoms with Crippen LogP contribution in [0, 0.1) is 0 Å². The van der Waals surface area contributed by atoms with Crippen LogP contribution in [0.2, 0.25) is 0 Å². The summed E-state index contributed by atoms with van der Waals surface area (Å²) in [6.07, 6.45) is 4.00. The van der Waals surface area contributed by atoms with E-state index in [2.05, 4.69) is 21.2 Å². The van der Waals surface area contributed by atoms with Gasteiger partial charge in [-0.15, -0.1) is 0 Å². The largest absolute Gasteiger partial charge is 0.492 e. The highest BCUT2D eigenvalue weighted by atomic mass is 79.9. The van der Waals surface area contributed by atoms with Crippen LogP contribution in [0.25, 0.3) is 5.69 Å². The highest BCUT2D eigenvalue weighted by Crippen LogP contribution is 2.29. The van der Waals surface area contributed by atoms with Gasteiger partial charge >= 0.3 is 0 Å². The Morgan fingerprint density at radius 3 is 2.68 bits per heavy atom. The number of aromatic nitrogens is 2. The summed E-state index contributed by atoms with van der Waals surface area (Å²) >= 11 is 3.47. The Morgan fingerprint density at radius 2 is 1.89 bits per heavy atom. The van der Waals surface area contributed by atoms with Crippen molar-refractivity contribution in [3.05, 3.63) is 70.0 Å². The minimum Gasteiger partial charge on any atom is -0.492 e. The van der Waals surface area contributed by atoms with Crippen molar-refractivity contribution in [2.45, 2.75) is 32.6 Å². The van der Waals surface area contributed by atoms with Gasteiger partial charge in [0.05, 0.1) is 18.0 Å². The Labute approximate surface area is 172 Å². The lowest BCUT2D eigenvalue weighted by molar-refractivity contribution is 0.102. The van der Waals surface area contributed by atoms with E-state index < -0.39 is 0 Å². The van der Waals surface area contributed by atoms with Gasteiger partial charge in [0, 0.05) is 15.7 Å². The Balaban J connectivity index is 1.70. The summed E-state index contributed by atoms with van der Waals surface area (Å²) in [5, 5.41) is 7.70. The van der Waals surface area contributed by atoms with Gasteiger partial charge in [0.2, 0.25) is 0 Å². The van der Waals surface area contributed by atoms with Crippen LogP contribution >= 0.6 is 15.9 Å². The molecule has 1 aromatic heterocycles. The number of benzene rings is 2. The maximum atomic E-state index is 13.1. The molecule has 1 aliphatic carbocycles. The second kappa shape index (κ2) is 8.19. The van der Waals surface area contributed by atoms with E-state index >= 15 is 0 Å². The molecule has 0 unspecified atom stereocenters. The normalized spacial score (nSPS) is 13.1. The molecule has 3 aromatic rings. The summed E-state index contributed by atoms with van der Waals surface area (Å²) in [6, 6.07) is 15.5. The lowest BCUT2D eigenvalue weighted by Gasteiger charge is -2.14. The minimum absolute atomic E-state index is 0.193. The number of amides is 1. The van der Waals surface area contributed by atoms with E-state index in [9.17, 15) is 4.79 Å². The Kier molecular flexibility index (Phi) is 5.48. The molecule has 1 N–H and O–H groups in total. The van der Waals surface area contributed by atoms with E-state index in [1.807, 2.05) is 60.1 Å². The molecule has 0 aliphatic heterocycles. The maximum absolute atomic E-state index is 13.1. The van der Waals surface area contributed by atoms with Gasteiger partial charge in [-0.3, -0.25) is 4.79 Å². The number of fused-ring (bicyclic) bond motifs is 1. The number of hydrogen-bond acceptors (Lipinski definition) is 3. The number of halogens is 1. The molecule has 2 aromatic carbocycles. The molecule has 0 spiro atoms. The molecule has 144 valence electrons. The average molecular weight is 440 g/mol. The number of nitrogens with one attached hydrogen (secondary N) is 1. The van der Waals surface area contributed by atoms with Crippen LogP contribution in [-0.4, -0.2) is 22.3 Å². The lowest BCUT2D eigenvalue weighted by atomic mass is 9.95.